The van der Waals surface area contributed by atoms with Crippen LogP contribution in [0.3, 0.4) is 0 Å². The number of benzene rings is 1. The summed E-state index contributed by atoms with van der Waals surface area (Å²) in [5, 5.41) is 5.27. The minimum absolute atomic E-state index is 0.00352. The van der Waals surface area contributed by atoms with E-state index in [4.69, 9.17) is 17.3 Å². The van der Waals surface area contributed by atoms with Crippen molar-refractivity contribution in [1.29, 1.82) is 0 Å². The molecule has 0 amide bonds. The molecular formula is C14H16ClN3. The van der Waals surface area contributed by atoms with Gasteiger partial charge >= 0.3 is 0 Å². The fourth-order valence-electron chi connectivity index (χ4n) is 2.06. The number of nitrogens with two attached hydrogens (primary N) is 1. The monoisotopic (exact) mass is 261 g/mol. The third-order valence-corrected chi connectivity index (χ3v) is 3.65. The van der Waals surface area contributed by atoms with Gasteiger partial charge in [0.1, 0.15) is 0 Å². The van der Waals surface area contributed by atoms with E-state index in [1.54, 1.807) is 0 Å². The molecule has 1 aromatic heterocycles. The summed E-state index contributed by atoms with van der Waals surface area (Å²) in [4.78, 5) is 0. The average Bonchev–Trinajstić information content (AvgIpc) is 3.08. The van der Waals surface area contributed by atoms with Gasteiger partial charge in [0.2, 0.25) is 0 Å². The summed E-state index contributed by atoms with van der Waals surface area (Å²) in [7, 11) is 0. The minimum Gasteiger partial charge on any atom is -0.324 e. The molecule has 0 spiro atoms. The maximum absolute atomic E-state index is 6.30. The Balaban J connectivity index is 1.94. The highest BCUT2D eigenvalue weighted by Crippen LogP contribution is 2.39. The fourth-order valence-corrected chi connectivity index (χ4v) is 2.34. The van der Waals surface area contributed by atoms with Gasteiger partial charge in [-0.2, -0.15) is 5.10 Å². The molecule has 0 radical (unpaired) electrons. The number of rotatable bonds is 3. The molecule has 0 saturated heterocycles. The van der Waals surface area contributed by atoms with Crippen molar-refractivity contribution < 1.29 is 0 Å². The molecular weight excluding hydrogens is 246 g/mol. The van der Waals surface area contributed by atoms with Crippen molar-refractivity contribution in [3.8, 4) is 5.69 Å². The van der Waals surface area contributed by atoms with Crippen LogP contribution >= 0.6 is 11.6 Å². The first-order valence-corrected chi connectivity index (χ1v) is 6.64. The van der Waals surface area contributed by atoms with Gasteiger partial charge < -0.3 is 5.73 Å². The predicted molar refractivity (Wildman–Crippen MR) is 73.2 cm³/mol. The molecule has 18 heavy (non-hydrogen) atoms. The molecule has 1 heterocycles. The second-order valence-corrected chi connectivity index (χ2v) is 5.37. The van der Waals surface area contributed by atoms with E-state index < -0.39 is 0 Å². The molecule has 1 fully saturated rings. The molecule has 2 N–H and O–H groups in total. The van der Waals surface area contributed by atoms with E-state index in [-0.39, 0.29) is 6.04 Å². The van der Waals surface area contributed by atoms with Gasteiger partial charge in [0.05, 0.1) is 16.4 Å². The molecule has 1 atom stereocenters. The Bertz CT molecular complexity index is 570. The lowest BCUT2D eigenvalue weighted by Crippen LogP contribution is -2.05. The van der Waals surface area contributed by atoms with Crippen molar-refractivity contribution in [1.82, 2.24) is 9.78 Å². The van der Waals surface area contributed by atoms with Gasteiger partial charge in [-0.05, 0) is 43.5 Å². The van der Waals surface area contributed by atoms with Crippen LogP contribution in [0.1, 0.15) is 43.0 Å². The molecule has 0 unspecified atom stereocenters. The number of hydrogen-bond acceptors (Lipinski definition) is 2. The van der Waals surface area contributed by atoms with Crippen molar-refractivity contribution in [3.63, 3.8) is 0 Å². The highest BCUT2D eigenvalue weighted by atomic mass is 35.5. The van der Waals surface area contributed by atoms with Crippen molar-refractivity contribution in [3.05, 3.63) is 46.7 Å². The average molecular weight is 262 g/mol. The maximum Gasteiger partial charge on any atom is 0.0832 e. The Kier molecular flexibility index (Phi) is 2.88. The van der Waals surface area contributed by atoms with E-state index in [0.717, 1.165) is 11.3 Å². The molecule has 94 valence electrons. The summed E-state index contributed by atoms with van der Waals surface area (Å²) >= 11 is 6.30. The summed E-state index contributed by atoms with van der Waals surface area (Å²) in [6.45, 7) is 1.95. The first kappa shape index (κ1) is 11.8. The molecule has 1 saturated carbocycles. The van der Waals surface area contributed by atoms with E-state index in [1.165, 1.54) is 18.5 Å². The Morgan fingerprint density at radius 2 is 2.17 bits per heavy atom. The van der Waals surface area contributed by atoms with Crippen LogP contribution < -0.4 is 5.73 Å². The van der Waals surface area contributed by atoms with Crippen LogP contribution in [0, 0.1) is 0 Å². The third-order valence-electron chi connectivity index (χ3n) is 3.35. The quantitative estimate of drug-likeness (QED) is 0.920. The Morgan fingerprint density at radius 3 is 2.78 bits per heavy atom. The smallest absolute Gasteiger partial charge is 0.0832 e. The van der Waals surface area contributed by atoms with Gasteiger partial charge in [-0.25, -0.2) is 4.68 Å². The molecule has 0 bridgehead atoms. The van der Waals surface area contributed by atoms with Crippen molar-refractivity contribution >= 4 is 11.6 Å². The van der Waals surface area contributed by atoms with Gasteiger partial charge in [0.15, 0.2) is 0 Å². The van der Waals surface area contributed by atoms with Gasteiger partial charge in [-0.3, -0.25) is 0 Å². The molecule has 3 rings (SSSR count). The molecule has 0 aliphatic heterocycles. The number of aromatic nitrogens is 2. The number of halogens is 1. The highest BCUT2D eigenvalue weighted by molar-refractivity contribution is 6.32. The van der Waals surface area contributed by atoms with E-state index in [1.807, 2.05) is 36.0 Å². The van der Waals surface area contributed by atoms with E-state index in [0.29, 0.717) is 10.9 Å². The molecule has 1 aliphatic rings. The summed E-state index contributed by atoms with van der Waals surface area (Å²) < 4.78 is 1.85. The van der Waals surface area contributed by atoms with Gasteiger partial charge in [0.25, 0.3) is 0 Å². The van der Waals surface area contributed by atoms with E-state index in [2.05, 4.69) is 11.2 Å². The Morgan fingerprint density at radius 1 is 1.39 bits per heavy atom. The van der Waals surface area contributed by atoms with Gasteiger partial charge in [-0.1, -0.05) is 17.7 Å². The molecule has 1 aliphatic carbocycles. The SMILES string of the molecule is C[C@@H](N)c1ccc(-n2ccc(C3CC3)n2)c(Cl)c1. The van der Waals surface area contributed by atoms with Crippen molar-refractivity contribution in [2.45, 2.75) is 31.7 Å². The summed E-state index contributed by atoms with van der Waals surface area (Å²) in [5.74, 6) is 0.661. The summed E-state index contributed by atoms with van der Waals surface area (Å²) in [6, 6.07) is 7.97. The Hall–Kier alpha value is -1.32. The van der Waals surface area contributed by atoms with Crippen LogP contribution in [0.2, 0.25) is 5.02 Å². The molecule has 4 heteroatoms. The molecule has 2 aromatic rings. The summed E-state index contributed by atoms with van der Waals surface area (Å²) in [6.07, 6.45) is 4.49. The minimum atomic E-state index is -0.00352. The topological polar surface area (TPSA) is 43.8 Å². The standard InChI is InChI=1S/C14H16ClN3/c1-9(16)11-4-5-14(12(15)8-11)18-7-6-13(17-18)10-2-3-10/h4-10H,2-3,16H2,1H3/t9-/m1/s1. The molecule has 3 nitrogen and oxygen atoms in total. The van der Waals surface area contributed by atoms with Gasteiger partial charge in [-0.15, -0.1) is 0 Å². The number of nitrogens with zero attached hydrogens (tertiary/aromatic N) is 2. The lowest BCUT2D eigenvalue weighted by atomic mass is 10.1. The fraction of sp³-hybridized carbons (Fsp3) is 0.357. The lowest BCUT2D eigenvalue weighted by molar-refractivity contribution is 0.810. The lowest BCUT2D eigenvalue weighted by Gasteiger charge is -2.09. The van der Waals surface area contributed by atoms with Crippen LogP contribution in [0.4, 0.5) is 0 Å². The maximum atomic E-state index is 6.30. The highest BCUT2D eigenvalue weighted by Gasteiger charge is 2.26. The first-order chi connectivity index (χ1) is 8.65. The second kappa shape index (κ2) is 4.41. The zero-order chi connectivity index (χ0) is 12.7. The third kappa shape index (κ3) is 2.16. The Labute approximate surface area is 112 Å². The predicted octanol–water partition coefficient (Wildman–Crippen LogP) is 3.42. The zero-order valence-electron chi connectivity index (χ0n) is 10.3. The second-order valence-electron chi connectivity index (χ2n) is 4.96. The van der Waals surface area contributed by atoms with Crippen LogP contribution in [-0.4, -0.2) is 9.78 Å². The van der Waals surface area contributed by atoms with Crippen LogP contribution in [0.15, 0.2) is 30.5 Å². The largest absolute Gasteiger partial charge is 0.324 e. The first-order valence-electron chi connectivity index (χ1n) is 6.26. The zero-order valence-corrected chi connectivity index (χ0v) is 11.1. The van der Waals surface area contributed by atoms with Gasteiger partial charge in [0, 0.05) is 18.2 Å². The van der Waals surface area contributed by atoms with Crippen LogP contribution in [0.25, 0.3) is 5.69 Å². The van der Waals surface area contributed by atoms with E-state index >= 15 is 0 Å². The van der Waals surface area contributed by atoms with E-state index in [9.17, 15) is 0 Å². The number of hydrogen-bond donors (Lipinski definition) is 1. The van der Waals surface area contributed by atoms with Crippen molar-refractivity contribution in [2.24, 2.45) is 5.73 Å². The normalized spacial score (nSPS) is 16.8. The summed E-state index contributed by atoms with van der Waals surface area (Å²) in [5.41, 5.74) is 8.96. The molecule has 1 aromatic carbocycles. The van der Waals surface area contributed by atoms with Crippen LogP contribution in [0.5, 0.6) is 0 Å². The van der Waals surface area contributed by atoms with Crippen LogP contribution in [-0.2, 0) is 0 Å². The van der Waals surface area contributed by atoms with Crippen molar-refractivity contribution in [2.75, 3.05) is 0 Å².